The third-order valence-electron chi connectivity index (χ3n) is 16.5. The molecule has 2 unspecified atom stereocenters. The highest BCUT2D eigenvalue weighted by Gasteiger charge is 2.68. The van der Waals surface area contributed by atoms with E-state index < -0.39 is 41.2 Å². The maximum atomic E-state index is 13.9. The number of nitrogens with two attached hydrogens (primary N) is 1. The quantitative estimate of drug-likeness (QED) is 0.0524. The van der Waals surface area contributed by atoms with Crippen molar-refractivity contribution in [2.75, 3.05) is 17.6 Å². The highest BCUT2D eigenvalue weighted by Crippen LogP contribution is 2.68. The van der Waals surface area contributed by atoms with Gasteiger partial charge in [0, 0.05) is 65.3 Å². The van der Waals surface area contributed by atoms with Gasteiger partial charge in [0.1, 0.15) is 17.9 Å². The van der Waals surface area contributed by atoms with E-state index in [1.165, 1.54) is 0 Å². The number of thioether (sulfide) groups is 1. The Morgan fingerprint density at radius 2 is 1.69 bits per heavy atom. The number of amides is 4. The lowest BCUT2D eigenvalue weighted by atomic mass is 9.44. The van der Waals surface area contributed by atoms with Crippen LogP contribution in [0, 0.1) is 39.9 Å². The SMILES string of the molecule is C=C[C@]1(C)C[C@@H](OC(=O)CSC2CC3CCC(C2)N3Cc2ccc(NC(=O)[C@H](CCCNC(N)=O)NC(=O)[C@@H](NC(C)C)C(C)C)cc2)[C@]2(C)[C@H](C)CC[C@]3(CCC(=O)[C@H]32)[C@@H](C)[C@@H]1O. The average molecular weight is 907 g/mol. The van der Waals surface area contributed by atoms with Crippen LogP contribution >= 0.6 is 11.8 Å². The van der Waals surface area contributed by atoms with Gasteiger partial charge in [-0.2, -0.15) is 0 Å². The maximum absolute atomic E-state index is 13.9. The van der Waals surface area contributed by atoms with E-state index in [9.17, 15) is 29.1 Å². The van der Waals surface area contributed by atoms with Gasteiger partial charge >= 0.3 is 12.0 Å². The molecule has 6 rings (SSSR count). The monoisotopic (exact) mass is 907 g/mol. The number of carbonyl (C=O) groups excluding carboxylic acids is 5. The molecule has 1 aromatic carbocycles. The van der Waals surface area contributed by atoms with Crippen molar-refractivity contribution in [1.29, 1.82) is 0 Å². The zero-order valence-corrected chi connectivity index (χ0v) is 40.6. The first-order valence-electron chi connectivity index (χ1n) is 24.1. The van der Waals surface area contributed by atoms with E-state index in [2.05, 4.69) is 53.5 Å². The van der Waals surface area contributed by atoms with Crippen molar-refractivity contribution in [3.63, 3.8) is 0 Å². The molecule has 0 aromatic heterocycles. The number of nitrogens with one attached hydrogen (secondary N) is 4. The number of urea groups is 1. The van der Waals surface area contributed by atoms with Gasteiger partial charge in [0.2, 0.25) is 11.8 Å². The van der Waals surface area contributed by atoms with E-state index in [0.717, 1.165) is 57.1 Å². The molecule has 4 bridgehead atoms. The minimum absolute atomic E-state index is 0.0119. The molecule has 0 radical (unpaired) electrons. The second kappa shape index (κ2) is 20.6. The number of nitrogens with zero attached hydrogens (tertiary/aromatic N) is 1. The molecule has 1 aromatic rings. The lowest BCUT2D eigenvalue weighted by Crippen LogP contribution is -2.63. The summed E-state index contributed by atoms with van der Waals surface area (Å²) in [6, 6.07) is 6.88. The van der Waals surface area contributed by atoms with Crippen molar-refractivity contribution in [3.8, 4) is 0 Å². The van der Waals surface area contributed by atoms with Gasteiger partial charge in [-0.05, 0) is 105 Å². The van der Waals surface area contributed by atoms with Gasteiger partial charge in [-0.15, -0.1) is 18.3 Å². The van der Waals surface area contributed by atoms with Crippen LogP contribution in [-0.4, -0.2) is 99.6 Å². The van der Waals surface area contributed by atoms with E-state index in [-0.39, 0.29) is 71.0 Å². The second-order valence-electron chi connectivity index (χ2n) is 21.2. The molecule has 12 atom stereocenters. The second-order valence-corrected chi connectivity index (χ2v) is 22.5. The predicted molar refractivity (Wildman–Crippen MR) is 253 cm³/mol. The Morgan fingerprint density at radius 1 is 1.02 bits per heavy atom. The van der Waals surface area contributed by atoms with Gasteiger partial charge in [-0.3, -0.25) is 24.1 Å². The van der Waals surface area contributed by atoms with Gasteiger partial charge < -0.3 is 36.8 Å². The van der Waals surface area contributed by atoms with Crippen molar-refractivity contribution in [3.05, 3.63) is 42.5 Å². The number of hydrogen-bond donors (Lipinski definition) is 6. The van der Waals surface area contributed by atoms with Gasteiger partial charge in [-0.1, -0.05) is 73.6 Å². The van der Waals surface area contributed by atoms with Crippen molar-refractivity contribution >= 4 is 47.0 Å². The molecule has 5 fully saturated rings. The van der Waals surface area contributed by atoms with Crippen molar-refractivity contribution in [1.82, 2.24) is 20.9 Å². The first-order valence-corrected chi connectivity index (χ1v) is 25.2. The molecule has 14 heteroatoms. The van der Waals surface area contributed by atoms with E-state index >= 15 is 0 Å². The molecule has 356 valence electrons. The molecule has 7 N–H and O–H groups in total. The van der Waals surface area contributed by atoms with E-state index in [1.54, 1.807) is 11.8 Å². The summed E-state index contributed by atoms with van der Waals surface area (Å²) in [5.41, 5.74) is 5.53. The predicted octanol–water partition coefficient (Wildman–Crippen LogP) is 6.72. The third-order valence-corrected chi connectivity index (χ3v) is 17.8. The summed E-state index contributed by atoms with van der Waals surface area (Å²) in [5, 5.41) is 24.0. The number of primary amides is 1. The molecule has 5 aliphatic rings. The van der Waals surface area contributed by atoms with Gasteiger partial charge in [0.05, 0.1) is 17.9 Å². The molecule has 0 spiro atoms. The Balaban J connectivity index is 1.04. The van der Waals surface area contributed by atoms with Gasteiger partial charge in [-0.25, -0.2) is 4.79 Å². The van der Waals surface area contributed by atoms with Crippen LogP contribution in [0.1, 0.15) is 132 Å². The zero-order valence-electron chi connectivity index (χ0n) is 39.8. The lowest BCUT2D eigenvalue weighted by molar-refractivity contribution is -0.205. The summed E-state index contributed by atoms with van der Waals surface area (Å²) in [6.07, 6.45) is 9.26. The van der Waals surface area contributed by atoms with Crippen LogP contribution in [0.15, 0.2) is 36.9 Å². The van der Waals surface area contributed by atoms with E-state index in [4.69, 9.17) is 10.5 Å². The molecule has 13 nitrogen and oxygen atoms in total. The standard InChI is InChI=1S/C50H78N6O7S/c1-10-48(8)26-40(49(9)31(6)19-21-50(32(7)44(48)59)22-20-39(57)43(49)50)63-41(58)28-64-37-24-35-17-18-36(25-37)56(35)27-33-13-15-34(16-14-33)54-45(60)38(12-11-23-52-47(51)62)55-46(61)42(29(2)3)53-30(4)5/h10,13-16,29-32,35-38,40,42-44,53,59H,1,11-12,17-28H2,2-9H3,(H,54,60)(H,55,61)(H3,51,52,62)/t31-,32+,35?,36?,37?,38+,40-,42+,43+,44+,48-,49+,50+/m1/s1. The summed E-state index contributed by atoms with van der Waals surface area (Å²) in [7, 11) is 0. The Bertz CT molecular complexity index is 1850. The summed E-state index contributed by atoms with van der Waals surface area (Å²) in [6.45, 7) is 21.7. The van der Waals surface area contributed by atoms with Crippen LogP contribution in [0.25, 0.3) is 0 Å². The molecule has 2 heterocycles. The highest BCUT2D eigenvalue weighted by molar-refractivity contribution is 8.00. The number of piperidine rings is 1. The van der Waals surface area contributed by atoms with E-state index in [1.807, 2.05) is 65.0 Å². The number of aliphatic hydroxyl groups is 1. The molecule has 3 aliphatic carbocycles. The smallest absolute Gasteiger partial charge is 0.316 e. The van der Waals surface area contributed by atoms with Crippen LogP contribution in [0.3, 0.4) is 0 Å². The number of ether oxygens (including phenoxy) is 1. The number of Topliss-reactive ketones (excluding diaryl/α,β-unsaturated/α-hetero) is 1. The molecule has 4 amide bonds. The summed E-state index contributed by atoms with van der Waals surface area (Å²) in [5.74, 6) is -0.384. The fourth-order valence-corrected chi connectivity index (χ4v) is 13.8. The Labute approximate surface area is 386 Å². The number of ketones is 1. The lowest BCUT2D eigenvalue weighted by Gasteiger charge is -2.61. The Kier molecular flexibility index (Phi) is 16.1. The topological polar surface area (TPSA) is 192 Å². The number of anilines is 1. The average Bonchev–Trinajstić information content (AvgIpc) is 3.71. The highest BCUT2D eigenvalue weighted by atomic mass is 32.2. The summed E-state index contributed by atoms with van der Waals surface area (Å²) in [4.78, 5) is 68.5. The van der Waals surface area contributed by atoms with Crippen LogP contribution in [-0.2, 0) is 30.5 Å². The van der Waals surface area contributed by atoms with Crippen molar-refractivity contribution in [2.45, 2.75) is 180 Å². The van der Waals surface area contributed by atoms with Gasteiger partial charge in [0.15, 0.2) is 0 Å². The normalized spacial score (nSPS) is 34.6. The number of benzene rings is 1. The van der Waals surface area contributed by atoms with Crippen molar-refractivity contribution in [2.24, 2.45) is 45.7 Å². The molecule has 2 aliphatic heterocycles. The Morgan fingerprint density at radius 3 is 2.30 bits per heavy atom. The molecule has 2 saturated heterocycles. The van der Waals surface area contributed by atoms with Crippen LogP contribution < -0.4 is 27.0 Å². The fourth-order valence-electron chi connectivity index (χ4n) is 12.6. The maximum Gasteiger partial charge on any atom is 0.316 e. The van der Waals surface area contributed by atoms with Crippen LogP contribution in [0.4, 0.5) is 10.5 Å². The van der Waals surface area contributed by atoms with E-state index in [0.29, 0.717) is 48.7 Å². The minimum atomic E-state index is -0.808. The fraction of sp³-hybridized carbons (Fsp3) is 0.740. The molecular weight excluding hydrogens is 829 g/mol. The minimum Gasteiger partial charge on any atom is -0.461 e. The first-order chi connectivity index (χ1) is 30.2. The first kappa shape index (κ1) is 50.0. The third kappa shape index (κ3) is 10.6. The number of esters is 1. The number of hydrogen-bond acceptors (Lipinski definition) is 10. The van der Waals surface area contributed by atoms with Gasteiger partial charge in [0.25, 0.3) is 0 Å². The number of fused-ring (bicyclic) bond motifs is 2. The Hall–Kier alpha value is -3.46. The number of rotatable bonds is 18. The summed E-state index contributed by atoms with van der Waals surface area (Å²) >= 11 is 1.70. The van der Waals surface area contributed by atoms with Crippen LogP contribution in [0.2, 0.25) is 0 Å². The summed E-state index contributed by atoms with van der Waals surface area (Å²) < 4.78 is 6.56. The zero-order chi connectivity index (χ0) is 46.7. The van der Waals surface area contributed by atoms with Crippen molar-refractivity contribution < 1.29 is 33.8 Å². The number of aliphatic hydroxyl groups excluding tert-OH is 1. The van der Waals surface area contributed by atoms with Crippen LogP contribution in [0.5, 0.6) is 0 Å². The number of carbonyl (C=O) groups is 5. The largest absolute Gasteiger partial charge is 0.461 e. The molecule has 64 heavy (non-hydrogen) atoms. The molecule has 3 saturated carbocycles. The molecular formula is C50H78N6O7S.